The second-order valence-corrected chi connectivity index (χ2v) is 13.3. The number of ether oxygens (including phenoxy) is 1. The van der Waals surface area contributed by atoms with Crippen molar-refractivity contribution in [1.29, 1.82) is 0 Å². The third-order valence-electron chi connectivity index (χ3n) is 7.69. The highest BCUT2D eigenvalue weighted by atomic mass is 35.5. The van der Waals surface area contributed by atoms with Gasteiger partial charge in [0.25, 0.3) is 5.01 Å². The molecule has 0 aliphatic carbocycles. The maximum atomic E-state index is 13.1. The maximum Gasteiger partial charge on any atom is 0.270 e. The van der Waals surface area contributed by atoms with E-state index in [-0.39, 0.29) is 23.7 Å². The number of unbranched alkanes of at least 4 members (excludes halogenated alkanes) is 11. The summed E-state index contributed by atoms with van der Waals surface area (Å²) >= 11 is 1.67. The third kappa shape index (κ3) is 12.1. The largest absolute Gasteiger partial charge is 1.00 e. The van der Waals surface area contributed by atoms with Crippen molar-refractivity contribution < 1.29 is 26.5 Å². The van der Waals surface area contributed by atoms with Crippen LogP contribution in [0.4, 0.5) is 5.69 Å². The van der Waals surface area contributed by atoms with Crippen molar-refractivity contribution in [1.82, 2.24) is 0 Å². The fraction of sp³-hybridized carbons (Fsp3) is 0.556. The Hall–Kier alpha value is -2.37. The topological polar surface area (TPSA) is 42.2 Å². The number of nitrogens with zero attached hydrogens (tertiary/aromatic N) is 1. The quantitative estimate of drug-likeness (QED) is 0.127. The molecule has 0 aliphatic heterocycles. The van der Waals surface area contributed by atoms with E-state index in [1.54, 1.807) is 11.3 Å². The fourth-order valence-electron chi connectivity index (χ4n) is 5.27. The summed E-state index contributed by atoms with van der Waals surface area (Å²) in [6, 6.07) is 14.3. The second kappa shape index (κ2) is 19.0. The molecule has 0 bridgehead atoms. The maximum absolute atomic E-state index is 13.1. The molecule has 232 valence electrons. The van der Waals surface area contributed by atoms with Crippen LogP contribution in [0.1, 0.15) is 116 Å². The fourth-order valence-corrected chi connectivity index (χ4v) is 6.18. The lowest BCUT2D eigenvalue weighted by Gasteiger charge is -2.24. The molecule has 1 amide bonds. The summed E-state index contributed by atoms with van der Waals surface area (Å²) in [5.41, 5.74) is 3.97. The van der Waals surface area contributed by atoms with Gasteiger partial charge in [-0.2, -0.15) is 4.57 Å². The van der Waals surface area contributed by atoms with Crippen LogP contribution in [0.5, 0.6) is 5.75 Å². The molecule has 6 heteroatoms. The van der Waals surface area contributed by atoms with Crippen molar-refractivity contribution in [3.8, 4) is 16.3 Å². The molecule has 4 nitrogen and oxygen atoms in total. The van der Waals surface area contributed by atoms with Crippen LogP contribution in [0.15, 0.2) is 54.0 Å². The number of halogens is 1. The molecule has 0 unspecified atom stereocenters. The minimum absolute atomic E-state index is 0. The zero-order valence-electron chi connectivity index (χ0n) is 26.6. The predicted octanol–water partition coefficient (Wildman–Crippen LogP) is 6.80. The van der Waals surface area contributed by atoms with Gasteiger partial charge >= 0.3 is 0 Å². The summed E-state index contributed by atoms with van der Waals surface area (Å²) in [6.07, 6.45) is 18.5. The monoisotopic (exact) mass is 612 g/mol. The van der Waals surface area contributed by atoms with Gasteiger partial charge in [-0.3, -0.25) is 4.79 Å². The normalized spacial score (nSPS) is 11.3. The van der Waals surface area contributed by atoms with Gasteiger partial charge in [0.2, 0.25) is 5.91 Å². The van der Waals surface area contributed by atoms with Gasteiger partial charge in [0.15, 0.2) is 6.20 Å². The number of rotatable bonds is 18. The van der Waals surface area contributed by atoms with Gasteiger partial charge in [0.05, 0.1) is 29.7 Å². The highest BCUT2D eigenvalue weighted by molar-refractivity contribution is 7.12. The summed E-state index contributed by atoms with van der Waals surface area (Å²) in [5.74, 6) is 0.932. The number of nitrogens with one attached hydrogen (secondary N) is 1. The first-order valence-electron chi connectivity index (χ1n) is 15.9. The van der Waals surface area contributed by atoms with Gasteiger partial charge in [-0.1, -0.05) is 134 Å². The molecule has 0 saturated carbocycles. The number of para-hydroxylation sites is 1. The number of anilines is 1. The Labute approximate surface area is 265 Å². The molecule has 3 aromatic rings. The van der Waals surface area contributed by atoms with Crippen LogP contribution in [0, 0.1) is 0 Å². The Balaban J connectivity index is 0.00000616. The average Bonchev–Trinajstić information content (AvgIpc) is 3.37. The summed E-state index contributed by atoms with van der Waals surface area (Å²) in [7, 11) is 2.03. The predicted molar refractivity (Wildman–Crippen MR) is 175 cm³/mol. The Kier molecular flexibility index (Phi) is 16.2. The molecule has 0 saturated heterocycles. The van der Waals surface area contributed by atoms with Crippen LogP contribution in [-0.4, -0.2) is 12.5 Å². The van der Waals surface area contributed by atoms with Crippen molar-refractivity contribution in [3.05, 3.63) is 65.2 Å². The van der Waals surface area contributed by atoms with E-state index in [0.717, 1.165) is 46.2 Å². The lowest BCUT2D eigenvalue weighted by Crippen LogP contribution is -3.00. The van der Waals surface area contributed by atoms with E-state index in [9.17, 15) is 4.79 Å². The van der Waals surface area contributed by atoms with Gasteiger partial charge in [0.1, 0.15) is 12.8 Å². The van der Waals surface area contributed by atoms with Crippen LogP contribution in [0.2, 0.25) is 0 Å². The van der Waals surface area contributed by atoms with E-state index in [0.29, 0.717) is 6.42 Å². The summed E-state index contributed by atoms with van der Waals surface area (Å²) in [4.78, 5) is 13.1. The molecule has 2 aromatic carbocycles. The molecule has 1 heterocycles. The van der Waals surface area contributed by atoms with Crippen LogP contribution < -0.4 is 27.0 Å². The van der Waals surface area contributed by atoms with Crippen molar-refractivity contribution in [2.75, 3.05) is 11.9 Å². The van der Waals surface area contributed by atoms with Crippen LogP contribution in [0.25, 0.3) is 10.6 Å². The highest BCUT2D eigenvalue weighted by Gasteiger charge is 2.21. The lowest BCUT2D eigenvalue weighted by molar-refractivity contribution is -0.655. The molecule has 0 fully saturated rings. The Morgan fingerprint density at radius 2 is 1.50 bits per heavy atom. The molecule has 1 N–H and O–H groups in total. The molecule has 3 rings (SSSR count). The summed E-state index contributed by atoms with van der Waals surface area (Å²) in [5, 5.41) is 6.33. The van der Waals surface area contributed by atoms with Crippen molar-refractivity contribution in [2.45, 2.75) is 117 Å². The zero-order valence-corrected chi connectivity index (χ0v) is 28.2. The van der Waals surface area contributed by atoms with E-state index in [4.69, 9.17) is 4.74 Å². The number of carbonyl (C=O) groups excluding carboxylic acids is 1. The number of hydrogen-bond donors (Lipinski definition) is 1. The molecule has 0 spiro atoms. The average molecular weight is 613 g/mol. The standard InChI is InChI=1S/C36H52N2O2S.ClH/c1-6-7-8-9-10-11-12-13-14-15-16-19-25-40-33-23-22-29(27-31(33)36(2,3)4)28-34(39)37-32-21-18-17-20-30(32)35-38(5)24-26-41-35;/h17-18,20-24,26-27H,6-16,19,25,28H2,1-5H3;1H. The zero-order chi connectivity index (χ0) is 29.5. The highest BCUT2D eigenvalue weighted by Crippen LogP contribution is 2.33. The van der Waals surface area contributed by atoms with E-state index in [2.05, 4.69) is 61.2 Å². The first-order valence-corrected chi connectivity index (χ1v) is 16.8. The number of aryl methyl sites for hydroxylation is 1. The number of aromatic nitrogens is 1. The van der Waals surface area contributed by atoms with E-state index in [1.165, 1.54) is 70.6 Å². The van der Waals surface area contributed by atoms with Crippen LogP contribution in [-0.2, 0) is 23.7 Å². The van der Waals surface area contributed by atoms with Crippen molar-refractivity contribution >= 4 is 22.9 Å². The number of amides is 1. The van der Waals surface area contributed by atoms with Gasteiger partial charge in [-0.05, 0) is 41.2 Å². The van der Waals surface area contributed by atoms with Crippen molar-refractivity contribution in [2.24, 2.45) is 7.05 Å². The van der Waals surface area contributed by atoms with Crippen molar-refractivity contribution in [3.63, 3.8) is 0 Å². The Morgan fingerprint density at radius 3 is 2.10 bits per heavy atom. The van der Waals surface area contributed by atoms with Gasteiger partial charge in [-0.15, -0.1) is 0 Å². The second-order valence-electron chi connectivity index (χ2n) is 12.4. The van der Waals surface area contributed by atoms with E-state index < -0.39 is 0 Å². The van der Waals surface area contributed by atoms with Crippen LogP contribution in [0.3, 0.4) is 0 Å². The third-order valence-corrected chi connectivity index (χ3v) is 8.68. The molecule has 0 radical (unpaired) electrons. The SMILES string of the molecule is CCCCCCCCCCCCCCOc1ccc(CC(=O)Nc2ccccc2-c2scc[n+]2C)cc1C(C)(C)C.[Cl-]. The molecule has 0 atom stereocenters. The molecule has 0 aliphatic rings. The van der Waals surface area contributed by atoms with Gasteiger partial charge < -0.3 is 22.5 Å². The minimum atomic E-state index is -0.0706. The summed E-state index contributed by atoms with van der Waals surface area (Å²) in [6.45, 7) is 9.65. The van der Waals surface area contributed by atoms with Gasteiger partial charge in [-0.25, -0.2) is 0 Å². The molecule has 1 aromatic heterocycles. The summed E-state index contributed by atoms with van der Waals surface area (Å²) < 4.78 is 8.36. The first-order chi connectivity index (χ1) is 19.8. The molecular formula is C36H53ClN2O2S. The minimum Gasteiger partial charge on any atom is -1.00 e. The molecule has 42 heavy (non-hydrogen) atoms. The van der Waals surface area contributed by atoms with Gasteiger partial charge in [0, 0.05) is 0 Å². The lowest BCUT2D eigenvalue weighted by atomic mass is 9.85. The Morgan fingerprint density at radius 1 is 0.881 bits per heavy atom. The molecular weight excluding hydrogens is 560 g/mol. The van der Waals surface area contributed by atoms with E-state index in [1.807, 2.05) is 37.5 Å². The number of hydrogen-bond acceptors (Lipinski definition) is 3. The number of benzene rings is 2. The number of carbonyl (C=O) groups is 1. The smallest absolute Gasteiger partial charge is 0.270 e. The van der Waals surface area contributed by atoms with Crippen LogP contribution >= 0.6 is 11.3 Å². The first kappa shape index (κ1) is 35.8. The number of thiazole rings is 1. The van der Waals surface area contributed by atoms with E-state index >= 15 is 0 Å². The Bertz CT molecular complexity index is 1200.